The van der Waals surface area contributed by atoms with Crippen molar-refractivity contribution in [3.8, 4) is 5.75 Å². The molecule has 1 aromatic carbocycles. The Bertz CT molecular complexity index is 991. The third-order valence-corrected chi connectivity index (χ3v) is 7.28. The standard InChI is InChI=1S/C16H16BrF5NO5PS/c1-8(24)23-7-9-5-10-12(17)14(16(21,22)29(25,26)27)30-13(10)11(6-9)28-4-2-3-15(18,19)20/h5-6H,2-4,7H2,1H3,(H,23,24)(H2,25,26,27). The molecule has 0 spiro atoms. The number of amides is 1. The third-order valence-electron chi connectivity index (χ3n) is 3.80. The molecular formula is C16H16BrF5NO5PS. The van der Waals surface area contributed by atoms with Crippen LogP contribution in [0.15, 0.2) is 16.6 Å². The summed E-state index contributed by atoms with van der Waals surface area (Å²) < 4.78 is 81.9. The van der Waals surface area contributed by atoms with E-state index in [1.54, 1.807) is 0 Å². The summed E-state index contributed by atoms with van der Waals surface area (Å²) in [6.07, 6.45) is -5.85. The van der Waals surface area contributed by atoms with Crippen LogP contribution >= 0.6 is 34.9 Å². The van der Waals surface area contributed by atoms with Crippen LogP contribution in [0.4, 0.5) is 22.0 Å². The van der Waals surface area contributed by atoms with Crippen LogP contribution in [0.25, 0.3) is 10.1 Å². The second-order valence-corrected chi connectivity index (χ2v) is 9.74. The minimum absolute atomic E-state index is 0.0172. The first-order valence-electron chi connectivity index (χ1n) is 8.26. The average molecular weight is 540 g/mol. The minimum Gasteiger partial charge on any atom is -0.492 e. The lowest BCUT2D eigenvalue weighted by molar-refractivity contribution is -0.136. The normalized spacial score (nSPS) is 13.0. The van der Waals surface area contributed by atoms with Crippen LogP contribution in [0.3, 0.4) is 0 Å². The van der Waals surface area contributed by atoms with Crippen molar-refractivity contribution in [1.82, 2.24) is 5.32 Å². The highest BCUT2D eigenvalue weighted by Gasteiger charge is 2.53. The molecule has 0 radical (unpaired) electrons. The number of hydrogen-bond donors (Lipinski definition) is 3. The second kappa shape index (κ2) is 9.07. The molecule has 2 aromatic rings. The van der Waals surface area contributed by atoms with Crippen molar-refractivity contribution < 1.29 is 45.8 Å². The first kappa shape index (κ1) is 25.0. The number of halogens is 6. The molecule has 168 valence electrons. The fraction of sp³-hybridized carbons (Fsp3) is 0.438. The van der Waals surface area contributed by atoms with Gasteiger partial charge in [0.15, 0.2) is 0 Å². The highest BCUT2D eigenvalue weighted by atomic mass is 79.9. The fourth-order valence-corrected chi connectivity index (χ4v) is 5.39. The summed E-state index contributed by atoms with van der Waals surface area (Å²) in [6.45, 7) is 0.876. The van der Waals surface area contributed by atoms with Gasteiger partial charge in [-0.3, -0.25) is 9.36 Å². The topological polar surface area (TPSA) is 95.9 Å². The lowest BCUT2D eigenvalue weighted by Crippen LogP contribution is -2.18. The van der Waals surface area contributed by atoms with Crippen molar-refractivity contribution in [3.05, 3.63) is 27.0 Å². The zero-order valence-electron chi connectivity index (χ0n) is 15.2. The van der Waals surface area contributed by atoms with Gasteiger partial charge in [-0.05, 0) is 40.0 Å². The summed E-state index contributed by atoms with van der Waals surface area (Å²) in [6, 6.07) is 2.78. The van der Waals surface area contributed by atoms with Crippen LogP contribution < -0.4 is 10.1 Å². The average Bonchev–Trinajstić information content (AvgIpc) is 2.92. The second-order valence-electron chi connectivity index (χ2n) is 6.28. The smallest absolute Gasteiger partial charge is 0.400 e. The Kier molecular flexibility index (Phi) is 7.56. The largest absolute Gasteiger partial charge is 0.492 e. The molecule has 0 aliphatic carbocycles. The molecule has 0 atom stereocenters. The zero-order chi connectivity index (χ0) is 22.9. The first-order chi connectivity index (χ1) is 13.6. The maximum absolute atomic E-state index is 14.3. The van der Waals surface area contributed by atoms with Crippen LogP contribution in [0.5, 0.6) is 5.75 Å². The van der Waals surface area contributed by atoms with E-state index in [0.717, 1.165) is 0 Å². The summed E-state index contributed by atoms with van der Waals surface area (Å²) in [5.74, 6) is -0.408. The number of fused-ring (bicyclic) bond motifs is 1. The van der Waals surface area contributed by atoms with E-state index < -0.39 is 30.7 Å². The SMILES string of the molecule is CC(=O)NCc1cc(OCCCC(F)(F)F)c2sc(C(F)(F)P(=O)(O)O)c(Br)c2c1. The maximum Gasteiger partial charge on any atom is 0.400 e. The summed E-state index contributed by atoms with van der Waals surface area (Å²) in [4.78, 5) is 28.3. The highest BCUT2D eigenvalue weighted by Crippen LogP contribution is 2.63. The van der Waals surface area contributed by atoms with Gasteiger partial charge in [0.05, 0.1) is 11.3 Å². The third kappa shape index (κ3) is 5.91. The number of carbonyl (C=O) groups excluding carboxylic acids is 1. The molecule has 1 heterocycles. The Morgan fingerprint density at radius 3 is 2.43 bits per heavy atom. The van der Waals surface area contributed by atoms with Gasteiger partial charge in [-0.25, -0.2) is 0 Å². The van der Waals surface area contributed by atoms with Gasteiger partial charge in [-0.2, -0.15) is 22.0 Å². The molecule has 14 heteroatoms. The minimum atomic E-state index is -5.85. The van der Waals surface area contributed by atoms with Crippen LogP contribution in [0, 0.1) is 0 Å². The Balaban J connectivity index is 2.49. The number of carbonyl (C=O) groups is 1. The van der Waals surface area contributed by atoms with Crippen LogP contribution in [0.1, 0.15) is 30.2 Å². The number of ether oxygens (including phenoxy) is 1. The molecule has 3 N–H and O–H groups in total. The highest BCUT2D eigenvalue weighted by molar-refractivity contribution is 9.10. The van der Waals surface area contributed by atoms with E-state index in [0.29, 0.717) is 16.9 Å². The van der Waals surface area contributed by atoms with Crippen molar-refractivity contribution >= 4 is 50.9 Å². The van der Waals surface area contributed by atoms with Crippen molar-refractivity contribution in [2.75, 3.05) is 6.61 Å². The van der Waals surface area contributed by atoms with Gasteiger partial charge in [0.25, 0.3) is 0 Å². The first-order valence-corrected chi connectivity index (χ1v) is 11.5. The zero-order valence-corrected chi connectivity index (χ0v) is 18.5. The number of rotatable bonds is 8. The van der Waals surface area contributed by atoms with Gasteiger partial charge in [-0.15, -0.1) is 11.3 Å². The Morgan fingerprint density at radius 1 is 1.27 bits per heavy atom. The van der Waals surface area contributed by atoms with Gasteiger partial charge in [-0.1, -0.05) is 0 Å². The van der Waals surface area contributed by atoms with E-state index >= 15 is 0 Å². The van der Waals surface area contributed by atoms with E-state index in [9.17, 15) is 31.3 Å². The van der Waals surface area contributed by atoms with Crippen LogP contribution in [-0.2, 0) is 21.6 Å². The van der Waals surface area contributed by atoms with Crippen LogP contribution in [-0.4, -0.2) is 28.5 Å². The van der Waals surface area contributed by atoms with Crippen molar-refractivity contribution in [1.29, 1.82) is 0 Å². The van der Waals surface area contributed by atoms with Gasteiger partial charge in [0.2, 0.25) is 5.91 Å². The molecule has 0 saturated heterocycles. The molecular weight excluding hydrogens is 524 g/mol. The quantitative estimate of drug-likeness (QED) is 0.242. The van der Waals surface area contributed by atoms with E-state index in [2.05, 4.69) is 21.2 Å². The van der Waals surface area contributed by atoms with E-state index in [1.165, 1.54) is 19.1 Å². The van der Waals surface area contributed by atoms with E-state index in [-0.39, 0.29) is 45.8 Å². The molecule has 0 fully saturated rings. The summed E-state index contributed by atoms with van der Waals surface area (Å²) >= 11 is 3.29. The molecule has 0 aliphatic rings. The number of benzene rings is 1. The molecule has 0 saturated carbocycles. The van der Waals surface area contributed by atoms with Gasteiger partial charge in [0.1, 0.15) is 10.6 Å². The molecule has 0 aliphatic heterocycles. The predicted molar refractivity (Wildman–Crippen MR) is 104 cm³/mol. The van der Waals surface area contributed by atoms with E-state index in [1.807, 2.05) is 0 Å². The molecule has 0 bridgehead atoms. The number of nitrogens with one attached hydrogen (secondary N) is 1. The van der Waals surface area contributed by atoms with Crippen LogP contribution in [0.2, 0.25) is 0 Å². The number of hydrogen-bond acceptors (Lipinski definition) is 4. The molecule has 30 heavy (non-hydrogen) atoms. The predicted octanol–water partition coefficient (Wildman–Crippen LogP) is 5.25. The summed E-state index contributed by atoms with van der Waals surface area (Å²) in [5, 5.41) is 2.62. The van der Waals surface area contributed by atoms with Crippen molar-refractivity contribution in [3.63, 3.8) is 0 Å². The lowest BCUT2D eigenvalue weighted by atomic mass is 10.1. The van der Waals surface area contributed by atoms with Gasteiger partial charge < -0.3 is 19.8 Å². The molecule has 6 nitrogen and oxygen atoms in total. The molecule has 0 unspecified atom stereocenters. The summed E-state index contributed by atoms with van der Waals surface area (Å²) in [5.41, 5.74) is -4.09. The maximum atomic E-state index is 14.3. The van der Waals surface area contributed by atoms with Gasteiger partial charge >= 0.3 is 19.4 Å². The monoisotopic (exact) mass is 539 g/mol. The van der Waals surface area contributed by atoms with E-state index in [4.69, 9.17) is 14.5 Å². The Labute approximate surface area is 179 Å². The van der Waals surface area contributed by atoms with Crippen molar-refractivity contribution in [2.24, 2.45) is 0 Å². The lowest BCUT2D eigenvalue weighted by Gasteiger charge is -2.16. The Morgan fingerprint density at radius 2 is 1.90 bits per heavy atom. The molecule has 1 aromatic heterocycles. The molecule has 2 rings (SSSR count). The van der Waals surface area contributed by atoms with Crippen molar-refractivity contribution in [2.45, 2.75) is 38.2 Å². The fourth-order valence-electron chi connectivity index (χ4n) is 2.41. The van der Waals surface area contributed by atoms with Gasteiger partial charge in [0, 0.05) is 29.7 Å². The number of thiophene rings is 1. The number of alkyl halides is 5. The summed E-state index contributed by atoms with van der Waals surface area (Å²) in [7, 11) is -5.85. The molecule has 1 amide bonds. The Hall–Kier alpha value is -1.27.